The smallest absolute Gasteiger partial charge is 0.0693 e. The highest BCUT2D eigenvalue weighted by Crippen LogP contribution is 2.37. The summed E-state index contributed by atoms with van der Waals surface area (Å²) in [6.45, 7) is 19.5. The molecule has 4 nitrogen and oxygen atoms in total. The van der Waals surface area contributed by atoms with Crippen LogP contribution in [0, 0.1) is 13.8 Å². The van der Waals surface area contributed by atoms with Gasteiger partial charge in [0, 0.05) is 27.6 Å². The second-order valence-electron chi connectivity index (χ2n) is 9.86. The highest BCUT2D eigenvalue weighted by molar-refractivity contribution is 5.95. The number of aromatic amines is 2. The SMILES string of the molecule is C=Cc1c(C)c2cc3[nH]c(cc4nc(cc5nc(cc1[nH]2)C(C)=C5CC)C(C)=C4CC)c(C)c3CC. The quantitative estimate of drug-likeness (QED) is 0.395. The van der Waals surface area contributed by atoms with Gasteiger partial charge in [0.05, 0.1) is 22.8 Å². The van der Waals surface area contributed by atoms with Gasteiger partial charge in [0.2, 0.25) is 0 Å². The number of nitrogens with zero attached hydrogens (tertiary/aromatic N) is 2. The normalized spacial score (nSPS) is 13.6. The van der Waals surface area contributed by atoms with Gasteiger partial charge in [-0.05, 0) is 110 Å². The van der Waals surface area contributed by atoms with Crippen LogP contribution >= 0.6 is 0 Å². The van der Waals surface area contributed by atoms with Crippen molar-refractivity contribution < 1.29 is 0 Å². The molecule has 184 valence electrons. The summed E-state index contributed by atoms with van der Waals surface area (Å²) in [6.07, 6.45) is 4.78. The van der Waals surface area contributed by atoms with Crippen LogP contribution in [0.4, 0.5) is 0 Å². The predicted octanol–water partition coefficient (Wildman–Crippen LogP) is 8.82. The summed E-state index contributed by atoms with van der Waals surface area (Å²) in [4.78, 5) is 17.6. The van der Waals surface area contributed by atoms with Gasteiger partial charge in [-0.3, -0.25) is 0 Å². The second kappa shape index (κ2) is 9.09. The first-order valence-corrected chi connectivity index (χ1v) is 13.1. The molecule has 0 amide bonds. The Labute approximate surface area is 213 Å². The van der Waals surface area contributed by atoms with Gasteiger partial charge in [0.1, 0.15) is 0 Å². The molecule has 0 saturated heterocycles. The molecule has 0 fully saturated rings. The molecule has 0 saturated carbocycles. The molecule has 8 bridgehead atoms. The average molecular weight is 477 g/mol. The molecule has 36 heavy (non-hydrogen) atoms. The van der Waals surface area contributed by atoms with E-state index in [-0.39, 0.29) is 0 Å². The zero-order valence-electron chi connectivity index (χ0n) is 22.6. The lowest BCUT2D eigenvalue weighted by Crippen LogP contribution is -1.84. The van der Waals surface area contributed by atoms with Crippen molar-refractivity contribution in [1.82, 2.24) is 19.9 Å². The molecule has 4 heteroatoms. The second-order valence-corrected chi connectivity index (χ2v) is 9.86. The summed E-state index contributed by atoms with van der Waals surface area (Å²) in [5, 5.41) is 0. The lowest BCUT2D eigenvalue weighted by atomic mass is 10.0. The van der Waals surface area contributed by atoms with Crippen LogP contribution in [0.15, 0.2) is 30.8 Å². The van der Waals surface area contributed by atoms with Crippen LogP contribution in [0.1, 0.15) is 92.5 Å². The summed E-state index contributed by atoms with van der Waals surface area (Å²) in [7, 11) is 0. The number of aryl methyl sites for hydroxylation is 3. The minimum Gasteiger partial charge on any atom is -0.355 e. The van der Waals surface area contributed by atoms with Crippen LogP contribution < -0.4 is 0 Å². The van der Waals surface area contributed by atoms with Crippen LogP contribution in [0.2, 0.25) is 0 Å². The van der Waals surface area contributed by atoms with Gasteiger partial charge >= 0.3 is 0 Å². The van der Waals surface area contributed by atoms with Crippen LogP contribution in [0.3, 0.4) is 0 Å². The van der Waals surface area contributed by atoms with Crippen molar-refractivity contribution in [2.45, 2.75) is 67.7 Å². The average Bonchev–Trinajstić information content (AvgIpc) is 3.51. The largest absolute Gasteiger partial charge is 0.355 e. The van der Waals surface area contributed by atoms with E-state index in [0.29, 0.717) is 0 Å². The van der Waals surface area contributed by atoms with Gasteiger partial charge in [-0.25, -0.2) is 9.97 Å². The van der Waals surface area contributed by atoms with E-state index in [1.165, 1.54) is 39.0 Å². The van der Waals surface area contributed by atoms with Gasteiger partial charge < -0.3 is 9.97 Å². The first-order valence-electron chi connectivity index (χ1n) is 13.1. The molecule has 0 spiro atoms. The molecule has 3 aromatic heterocycles. The summed E-state index contributed by atoms with van der Waals surface area (Å²) in [5.41, 5.74) is 18.5. The highest BCUT2D eigenvalue weighted by atomic mass is 14.8. The van der Waals surface area contributed by atoms with Crippen LogP contribution in [-0.2, 0) is 6.42 Å². The van der Waals surface area contributed by atoms with E-state index in [0.717, 1.165) is 69.7 Å². The molecular weight excluding hydrogens is 440 g/mol. The van der Waals surface area contributed by atoms with Crippen molar-refractivity contribution in [2.24, 2.45) is 0 Å². The standard InChI is InChI=1S/C32H36N4/c1-9-21-17(5)25-14-30-23(11-3)19(7)27(35-30)16-32-24(12-4)20(8)28(36-32)15-31-22(10-2)18(6)26(34-31)13-29(21)33-25/h9,13-16,33,35H,1,10-12H2,2-8H3. The van der Waals surface area contributed by atoms with Gasteiger partial charge in [0.15, 0.2) is 0 Å². The first-order chi connectivity index (χ1) is 17.3. The Bertz CT molecular complexity index is 1640. The van der Waals surface area contributed by atoms with Gasteiger partial charge in [0.25, 0.3) is 0 Å². The van der Waals surface area contributed by atoms with E-state index in [1.54, 1.807) is 0 Å². The van der Waals surface area contributed by atoms with E-state index in [4.69, 9.17) is 9.97 Å². The number of allylic oxidation sites excluding steroid dienone is 4. The summed E-state index contributed by atoms with van der Waals surface area (Å²) in [5.74, 6) is 0. The number of nitrogens with one attached hydrogen (secondary N) is 2. The van der Waals surface area contributed by atoms with Crippen molar-refractivity contribution >= 4 is 50.4 Å². The topological polar surface area (TPSA) is 57.4 Å². The van der Waals surface area contributed by atoms with E-state index in [1.807, 2.05) is 6.08 Å². The zero-order valence-corrected chi connectivity index (χ0v) is 22.6. The molecule has 2 aliphatic heterocycles. The maximum atomic E-state index is 5.12. The van der Waals surface area contributed by atoms with Crippen molar-refractivity contribution in [3.63, 3.8) is 0 Å². The third-order valence-electron chi connectivity index (χ3n) is 7.98. The fourth-order valence-corrected chi connectivity index (χ4v) is 5.79. The molecule has 0 aliphatic carbocycles. The number of hydrogen-bond donors (Lipinski definition) is 2. The number of rotatable bonds is 4. The Kier molecular flexibility index (Phi) is 6.07. The van der Waals surface area contributed by atoms with Crippen LogP contribution in [-0.4, -0.2) is 19.9 Å². The molecule has 5 rings (SSSR count). The Hall–Kier alpha value is -3.66. The number of hydrogen-bond acceptors (Lipinski definition) is 2. The third-order valence-corrected chi connectivity index (χ3v) is 7.98. The summed E-state index contributed by atoms with van der Waals surface area (Å²) in [6, 6.07) is 8.82. The van der Waals surface area contributed by atoms with E-state index >= 15 is 0 Å². The van der Waals surface area contributed by atoms with Crippen molar-refractivity contribution in [3.8, 4) is 0 Å². The Balaban J connectivity index is 2.01. The fourth-order valence-electron chi connectivity index (χ4n) is 5.79. The molecule has 0 atom stereocenters. The van der Waals surface area contributed by atoms with E-state index in [2.05, 4.69) is 89.3 Å². The maximum absolute atomic E-state index is 5.12. The maximum Gasteiger partial charge on any atom is 0.0693 e. The highest BCUT2D eigenvalue weighted by Gasteiger charge is 2.20. The van der Waals surface area contributed by atoms with Gasteiger partial charge in [-0.2, -0.15) is 0 Å². The number of fused-ring (bicyclic) bond motifs is 8. The molecule has 0 unspecified atom stereocenters. The van der Waals surface area contributed by atoms with Gasteiger partial charge in [-0.15, -0.1) is 0 Å². The molecule has 0 aromatic carbocycles. The monoisotopic (exact) mass is 476 g/mol. The minimum absolute atomic E-state index is 0.929. The van der Waals surface area contributed by atoms with Crippen molar-refractivity contribution in [3.05, 3.63) is 75.9 Å². The van der Waals surface area contributed by atoms with E-state index in [9.17, 15) is 0 Å². The van der Waals surface area contributed by atoms with Gasteiger partial charge in [-0.1, -0.05) is 33.4 Å². The first kappa shape index (κ1) is 24.1. The lowest BCUT2D eigenvalue weighted by Gasteiger charge is -2.01. The van der Waals surface area contributed by atoms with Crippen molar-refractivity contribution in [1.29, 1.82) is 0 Å². The number of aromatic nitrogens is 4. The minimum atomic E-state index is 0.929. The lowest BCUT2D eigenvalue weighted by molar-refractivity contribution is 1.14. The zero-order chi connectivity index (χ0) is 25.7. The fraction of sp³-hybridized carbons (Fsp3) is 0.312. The molecule has 2 N–H and O–H groups in total. The third kappa shape index (κ3) is 3.67. The molecule has 5 heterocycles. The molecule has 2 aliphatic rings. The predicted molar refractivity (Wildman–Crippen MR) is 156 cm³/mol. The molecular formula is C32H36N4. The Morgan fingerprint density at radius 1 is 0.639 bits per heavy atom. The van der Waals surface area contributed by atoms with Crippen molar-refractivity contribution in [2.75, 3.05) is 0 Å². The summed E-state index contributed by atoms with van der Waals surface area (Å²) < 4.78 is 0. The molecule has 3 aromatic rings. The van der Waals surface area contributed by atoms with E-state index < -0.39 is 0 Å². The summed E-state index contributed by atoms with van der Waals surface area (Å²) >= 11 is 0. The number of H-pyrrole nitrogens is 2. The Morgan fingerprint density at radius 2 is 1.17 bits per heavy atom. The van der Waals surface area contributed by atoms with Crippen LogP contribution in [0.5, 0.6) is 0 Å². The van der Waals surface area contributed by atoms with Crippen LogP contribution in [0.25, 0.3) is 50.4 Å². The molecule has 0 radical (unpaired) electrons. The Morgan fingerprint density at radius 3 is 1.75 bits per heavy atom.